The average Bonchev–Trinajstić information content (AvgIpc) is 2.87. The van der Waals surface area contributed by atoms with E-state index >= 15 is 0 Å². The highest BCUT2D eigenvalue weighted by Gasteiger charge is 2.15. The lowest BCUT2D eigenvalue weighted by Gasteiger charge is -2.08. The van der Waals surface area contributed by atoms with Gasteiger partial charge in [-0.2, -0.15) is 9.61 Å². The topological polar surface area (TPSA) is 110 Å². The number of carboxylic acid groups (broad SMARTS) is 1. The molecule has 1 aromatic carbocycles. The summed E-state index contributed by atoms with van der Waals surface area (Å²) in [7, 11) is 0. The summed E-state index contributed by atoms with van der Waals surface area (Å²) in [5.41, 5.74) is 1.13. The number of hydrogen-bond donors (Lipinski definition) is 2. The van der Waals surface area contributed by atoms with Crippen LogP contribution >= 0.6 is 0 Å². The second-order valence-electron chi connectivity index (χ2n) is 4.83. The predicted molar refractivity (Wildman–Crippen MR) is 77.8 cm³/mol. The third kappa shape index (κ3) is 2.33. The van der Waals surface area contributed by atoms with Crippen molar-refractivity contribution >= 4 is 22.8 Å². The van der Waals surface area contributed by atoms with Gasteiger partial charge in [0.15, 0.2) is 0 Å². The van der Waals surface area contributed by atoms with Gasteiger partial charge < -0.3 is 10.2 Å². The molecule has 2 aromatic heterocycles. The Morgan fingerprint density at radius 2 is 2.05 bits per heavy atom. The minimum Gasteiger partial charge on any atom is -0.481 e. The monoisotopic (exact) mass is 302 g/mol. The van der Waals surface area contributed by atoms with E-state index in [9.17, 15) is 14.7 Å². The normalized spacial score (nSPS) is 11.3. The van der Waals surface area contributed by atoms with Gasteiger partial charge in [-0.25, -0.2) is 4.98 Å². The van der Waals surface area contributed by atoms with Crippen LogP contribution in [0, 0.1) is 0 Å². The number of aliphatic hydroxyl groups excluding tert-OH is 1. The van der Waals surface area contributed by atoms with Gasteiger partial charge in [0.25, 0.3) is 5.56 Å². The van der Waals surface area contributed by atoms with Crippen LogP contribution < -0.4 is 5.56 Å². The van der Waals surface area contributed by atoms with Crippen molar-refractivity contribution in [1.29, 1.82) is 0 Å². The first-order valence-electron chi connectivity index (χ1n) is 6.81. The highest BCUT2D eigenvalue weighted by molar-refractivity contribution is 5.78. The predicted octanol–water partition coefficient (Wildman–Crippen LogP) is 0.0537. The zero-order valence-electron chi connectivity index (χ0n) is 11.6. The van der Waals surface area contributed by atoms with Gasteiger partial charge >= 0.3 is 5.97 Å². The standard InChI is InChI=1S/C14H14N4O4/c19-8-7-17-13(22)10(5-6-12(20)21)16-18-11-4-2-1-3-9(11)15-14(17)18/h1-4,19H,5-8H2,(H,20,21). The van der Waals surface area contributed by atoms with E-state index in [0.29, 0.717) is 11.3 Å². The lowest BCUT2D eigenvalue weighted by molar-refractivity contribution is -0.136. The molecular weight excluding hydrogens is 288 g/mol. The number of para-hydroxylation sites is 2. The molecule has 0 spiro atoms. The van der Waals surface area contributed by atoms with E-state index in [4.69, 9.17) is 5.11 Å². The molecule has 114 valence electrons. The summed E-state index contributed by atoms with van der Waals surface area (Å²) in [4.78, 5) is 27.5. The molecule has 0 atom stereocenters. The van der Waals surface area contributed by atoms with Crippen LogP contribution in [0.15, 0.2) is 29.1 Å². The van der Waals surface area contributed by atoms with Crippen LogP contribution in [0.3, 0.4) is 0 Å². The fraction of sp³-hybridized carbons (Fsp3) is 0.286. The number of aliphatic hydroxyl groups is 1. The van der Waals surface area contributed by atoms with Crippen LogP contribution in [0.25, 0.3) is 16.8 Å². The third-order valence-corrected chi connectivity index (χ3v) is 3.37. The van der Waals surface area contributed by atoms with Crippen LogP contribution in [-0.4, -0.2) is 42.0 Å². The quantitative estimate of drug-likeness (QED) is 0.689. The maximum absolute atomic E-state index is 12.4. The summed E-state index contributed by atoms with van der Waals surface area (Å²) < 4.78 is 2.84. The number of benzene rings is 1. The molecule has 0 bridgehead atoms. The highest BCUT2D eigenvalue weighted by atomic mass is 16.4. The molecule has 2 heterocycles. The highest BCUT2D eigenvalue weighted by Crippen LogP contribution is 2.14. The number of imidazole rings is 1. The Labute approximate surface area is 124 Å². The third-order valence-electron chi connectivity index (χ3n) is 3.37. The molecule has 0 aliphatic carbocycles. The first kappa shape index (κ1) is 14.2. The minimum atomic E-state index is -0.995. The van der Waals surface area contributed by atoms with Gasteiger partial charge in [-0.3, -0.25) is 14.2 Å². The van der Waals surface area contributed by atoms with Gasteiger partial charge in [0, 0.05) is 6.42 Å². The number of carbonyl (C=O) groups is 1. The number of nitrogens with zero attached hydrogens (tertiary/aromatic N) is 4. The largest absolute Gasteiger partial charge is 0.481 e. The summed E-state index contributed by atoms with van der Waals surface area (Å²) in [6.45, 7) is -0.143. The molecule has 0 radical (unpaired) electrons. The summed E-state index contributed by atoms with van der Waals surface area (Å²) >= 11 is 0. The fourth-order valence-corrected chi connectivity index (χ4v) is 2.37. The molecule has 8 nitrogen and oxygen atoms in total. The molecule has 0 unspecified atom stereocenters. The average molecular weight is 302 g/mol. The van der Waals surface area contributed by atoms with Crippen LogP contribution in [0.2, 0.25) is 0 Å². The van der Waals surface area contributed by atoms with Crippen LogP contribution in [0.1, 0.15) is 12.1 Å². The van der Waals surface area contributed by atoms with Crippen molar-refractivity contribution in [2.24, 2.45) is 0 Å². The second-order valence-corrected chi connectivity index (χ2v) is 4.83. The lowest BCUT2D eigenvalue weighted by atomic mass is 10.2. The molecule has 3 aromatic rings. The van der Waals surface area contributed by atoms with E-state index in [-0.39, 0.29) is 31.7 Å². The van der Waals surface area contributed by atoms with Gasteiger partial charge in [0.05, 0.1) is 30.6 Å². The van der Waals surface area contributed by atoms with Crippen molar-refractivity contribution in [1.82, 2.24) is 19.2 Å². The number of aryl methyl sites for hydroxylation is 1. The number of rotatable bonds is 5. The van der Waals surface area contributed by atoms with Gasteiger partial charge in [-0.15, -0.1) is 0 Å². The zero-order valence-corrected chi connectivity index (χ0v) is 11.6. The Balaban J connectivity index is 2.28. The summed E-state index contributed by atoms with van der Waals surface area (Å²) in [6, 6.07) is 7.27. The fourth-order valence-electron chi connectivity index (χ4n) is 2.37. The van der Waals surface area contributed by atoms with Crippen molar-refractivity contribution in [2.45, 2.75) is 19.4 Å². The molecule has 8 heteroatoms. The Bertz CT molecular complexity index is 912. The maximum atomic E-state index is 12.4. The molecule has 2 N–H and O–H groups in total. The van der Waals surface area contributed by atoms with Crippen molar-refractivity contribution in [3.05, 3.63) is 40.3 Å². The van der Waals surface area contributed by atoms with E-state index in [0.717, 1.165) is 5.52 Å². The molecule has 0 saturated heterocycles. The molecule has 0 amide bonds. The minimum absolute atomic E-state index is 0.0298. The van der Waals surface area contributed by atoms with Crippen molar-refractivity contribution < 1.29 is 15.0 Å². The molecule has 0 aliphatic heterocycles. The molecular formula is C14H14N4O4. The Morgan fingerprint density at radius 3 is 2.77 bits per heavy atom. The van der Waals surface area contributed by atoms with Gasteiger partial charge in [0.2, 0.25) is 5.78 Å². The van der Waals surface area contributed by atoms with Gasteiger partial charge in [0.1, 0.15) is 5.69 Å². The summed E-state index contributed by atoms with van der Waals surface area (Å²) in [5.74, 6) is -0.662. The number of aliphatic carboxylic acids is 1. The summed E-state index contributed by atoms with van der Waals surface area (Å²) in [5, 5.41) is 22.2. The van der Waals surface area contributed by atoms with E-state index < -0.39 is 11.5 Å². The molecule has 0 fully saturated rings. The second kappa shape index (κ2) is 5.57. The molecule has 0 saturated carbocycles. The van der Waals surface area contributed by atoms with E-state index in [1.807, 2.05) is 18.2 Å². The molecule has 22 heavy (non-hydrogen) atoms. The molecule has 3 rings (SSSR count). The van der Waals surface area contributed by atoms with Crippen molar-refractivity contribution in [2.75, 3.05) is 6.61 Å². The SMILES string of the molecule is O=C(O)CCc1nn2c3ccccc3nc2n(CCO)c1=O. The first-order chi connectivity index (χ1) is 10.6. The Kier molecular flexibility index (Phi) is 3.60. The summed E-state index contributed by atoms with van der Waals surface area (Å²) in [6.07, 6.45) is -0.151. The number of carboxylic acids is 1. The van der Waals surface area contributed by atoms with Crippen LogP contribution in [0.5, 0.6) is 0 Å². The maximum Gasteiger partial charge on any atom is 0.303 e. The van der Waals surface area contributed by atoms with Crippen molar-refractivity contribution in [3.63, 3.8) is 0 Å². The van der Waals surface area contributed by atoms with E-state index in [2.05, 4.69) is 10.1 Å². The number of hydrogen-bond acceptors (Lipinski definition) is 5. The zero-order chi connectivity index (χ0) is 15.7. The first-order valence-corrected chi connectivity index (χ1v) is 6.81. The smallest absolute Gasteiger partial charge is 0.303 e. The lowest BCUT2D eigenvalue weighted by Crippen LogP contribution is -2.29. The number of fused-ring (bicyclic) bond motifs is 3. The van der Waals surface area contributed by atoms with Gasteiger partial charge in [-0.1, -0.05) is 12.1 Å². The Morgan fingerprint density at radius 1 is 1.27 bits per heavy atom. The van der Waals surface area contributed by atoms with E-state index in [1.165, 1.54) is 9.08 Å². The Hall–Kier alpha value is -2.74. The molecule has 0 aliphatic rings. The van der Waals surface area contributed by atoms with Crippen LogP contribution in [-0.2, 0) is 17.8 Å². The van der Waals surface area contributed by atoms with Crippen molar-refractivity contribution in [3.8, 4) is 0 Å². The van der Waals surface area contributed by atoms with E-state index in [1.54, 1.807) is 6.07 Å². The number of aromatic nitrogens is 4. The van der Waals surface area contributed by atoms with Crippen LogP contribution in [0.4, 0.5) is 0 Å². The van der Waals surface area contributed by atoms with Gasteiger partial charge in [-0.05, 0) is 12.1 Å².